The molecule has 3 rings (SSSR count). The van der Waals surface area contributed by atoms with Crippen molar-refractivity contribution < 1.29 is 18.8 Å². The van der Waals surface area contributed by atoms with Crippen LogP contribution in [0.25, 0.3) is 11.3 Å². The van der Waals surface area contributed by atoms with Crippen molar-refractivity contribution >= 4 is 18.7 Å². The number of imidazole rings is 1. The highest BCUT2D eigenvalue weighted by molar-refractivity contribution is 6.62. The molecular formula is C25H38BN3O4. The highest BCUT2D eigenvalue weighted by Crippen LogP contribution is 2.36. The van der Waals surface area contributed by atoms with Crippen LogP contribution in [0, 0.1) is 6.92 Å². The van der Waals surface area contributed by atoms with E-state index in [0.29, 0.717) is 13.1 Å². The van der Waals surface area contributed by atoms with E-state index in [1.165, 1.54) is 0 Å². The lowest BCUT2D eigenvalue weighted by Gasteiger charge is -2.32. The quantitative estimate of drug-likeness (QED) is 0.632. The fourth-order valence-electron chi connectivity index (χ4n) is 3.68. The van der Waals surface area contributed by atoms with E-state index in [-0.39, 0.29) is 17.3 Å². The molecule has 2 aromatic rings. The van der Waals surface area contributed by atoms with Crippen LogP contribution in [0.4, 0.5) is 4.79 Å². The van der Waals surface area contributed by atoms with Gasteiger partial charge >= 0.3 is 13.2 Å². The van der Waals surface area contributed by atoms with Gasteiger partial charge in [-0.3, -0.25) is 0 Å². The van der Waals surface area contributed by atoms with Crippen molar-refractivity contribution in [1.29, 1.82) is 0 Å². The summed E-state index contributed by atoms with van der Waals surface area (Å²) in [6.07, 6.45) is 2.31. The van der Waals surface area contributed by atoms with Crippen molar-refractivity contribution in [3.63, 3.8) is 0 Å². The van der Waals surface area contributed by atoms with Crippen LogP contribution in [0.1, 0.15) is 73.2 Å². The Morgan fingerprint density at radius 3 is 2.36 bits per heavy atom. The van der Waals surface area contributed by atoms with Gasteiger partial charge in [0, 0.05) is 6.54 Å². The van der Waals surface area contributed by atoms with E-state index < -0.39 is 12.7 Å². The maximum atomic E-state index is 12.6. The molecule has 0 radical (unpaired) electrons. The SMILES string of the molecule is CCCN(Cc1ncc(-c2ccc(B3OC(C)(C)C(C)(C)O3)c(C)c2)[nH]1)C(=O)OC(C)(C)C. The monoisotopic (exact) mass is 455 g/mol. The molecule has 2 heterocycles. The predicted octanol–water partition coefficient (Wildman–Crippen LogP) is 4.83. The Hall–Kier alpha value is -2.32. The number of H-pyrrole nitrogens is 1. The van der Waals surface area contributed by atoms with Gasteiger partial charge in [-0.15, -0.1) is 0 Å². The van der Waals surface area contributed by atoms with Gasteiger partial charge in [0.2, 0.25) is 0 Å². The topological polar surface area (TPSA) is 76.7 Å². The molecule has 1 aliphatic heterocycles. The van der Waals surface area contributed by atoms with Crippen molar-refractivity contribution in [2.45, 2.75) is 92.1 Å². The number of hydrogen-bond donors (Lipinski definition) is 1. The molecule has 0 atom stereocenters. The molecule has 1 saturated heterocycles. The third-order valence-electron chi connectivity index (χ3n) is 6.20. The molecular weight excluding hydrogens is 417 g/mol. The summed E-state index contributed by atoms with van der Waals surface area (Å²) in [5.41, 5.74) is 2.74. The fourth-order valence-corrected chi connectivity index (χ4v) is 3.68. The van der Waals surface area contributed by atoms with Crippen LogP contribution in [0.15, 0.2) is 24.4 Å². The lowest BCUT2D eigenvalue weighted by atomic mass is 9.75. The molecule has 1 amide bonds. The van der Waals surface area contributed by atoms with Crippen LogP contribution < -0.4 is 5.46 Å². The number of ether oxygens (including phenoxy) is 1. The first-order valence-corrected chi connectivity index (χ1v) is 11.7. The fraction of sp³-hybridized carbons (Fsp3) is 0.600. The number of benzene rings is 1. The van der Waals surface area contributed by atoms with Crippen LogP contribution in [-0.4, -0.2) is 51.4 Å². The minimum Gasteiger partial charge on any atom is -0.444 e. The van der Waals surface area contributed by atoms with E-state index in [1.54, 1.807) is 11.1 Å². The number of aromatic amines is 1. The zero-order valence-electron chi connectivity index (χ0n) is 21.5. The molecule has 180 valence electrons. The van der Waals surface area contributed by atoms with Crippen LogP contribution in [0.2, 0.25) is 0 Å². The van der Waals surface area contributed by atoms with Crippen LogP contribution >= 0.6 is 0 Å². The highest BCUT2D eigenvalue weighted by Gasteiger charge is 2.52. The molecule has 8 heteroatoms. The average molecular weight is 455 g/mol. The number of rotatable bonds is 6. The number of aryl methyl sites for hydroxylation is 1. The van der Waals surface area contributed by atoms with Crippen molar-refractivity contribution in [1.82, 2.24) is 14.9 Å². The lowest BCUT2D eigenvalue weighted by Crippen LogP contribution is -2.41. The minimum absolute atomic E-state index is 0.329. The van der Waals surface area contributed by atoms with Crippen LogP contribution in [0.3, 0.4) is 0 Å². The van der Waals surface area contributed by atoms with Gasteiger partial charge in [0.05, 0.1) is 29.6 Å². The maximum absolute atomic E-state index is 12.6. The van der Waals surface area contributed by atoms with Crippen molar-refractivity contribution in [3.05, 3.63) is 35.8 Å². The second-order valence-corrected chi connectivity index (χ2v) is 10.8. The molecule has 0 spiro atoms. The first-order chi connectivity index (χ1) is 15.2. The second kappa shape index (κ2) is 9.14. The number of carbonyl (C=O) groups is 1. The minimum atomic E-state index is -0.534. The number of nitrogens with zero attached hydrogens (tertiary/aromatic N) is 2. The number of hydrogen-bond acceptors (Lipinski definition) is 5. The second-order valence-electron chi connectivity index (χ2n) is 10.8. The molecule has 1 fully saturated rings. The summed E-state index contributed by atoms with van der Waals surface area (Å²) >= 11 is 0. The summed E-state index contributed by atoms with van der Waals surface area (Å²) in [7, 11) is -0.391. The van der Waals surface area contributed by atoms with Crippen molar-refractivity contribution in [2.24, 2.45) is 0 Å². The van der Waals surface area contributed by atoms with Gasteiger partial charge in [-0.05, 0) is 72.8 Å². The number of carbonyl (C=O) groups excluding carboxylic acids is 1. The first-order valence-electron chi connectivity index (χ1n) is 11.7. The van der Waals surface area contributed by atoms with E-state index in [9.17, 15) is 4.79 Å². The van der Waals surface area contributed by atoms with E-state index in [1.807, 2.05) is 33.8 Å². The summed E-state index contributed by atoms with van der Waals surface area (Å²) in [5.74, 6) is 0.719. The molecule has 1 N–H and O–H groups in total. The van der Waals surface area contributed by atoms with Gasteiger partial charge in [-0.2, -0.15) is 0 Å². The zero-order chi connectivity index (χ0) is 24.6. The Morgan fingerprint density at radius 1 is 1.18 bits per heavy atom. The summed E-state index contributed by atoms with van der Waals surface area (Å²) in [4.78, 5) is 22.1. The van der Waals surface area contributed by atoms with Crippen molar-refractivity contribution in [3.8, 4) is 11.3 Å². The van der Waals surface area contributed by atoms with E-state index in [4.69, 9.17) is 14.0 Å². The Kier molecular flexibility index (Phi) is 7.01. The standard InChI is InChI=1S/C25H38BN3O4/c1-10-13-29(22(30)31-23(3,4)5)16-21-27-15-20(28-21)18-11-12-19(17(2)14-18)26-32-24(6,7)25(8,9)33-26/h11-12,14-15H,10,13,16H2,1-9H3,(H,27,28). The van der Waals surface area contributed by atoms with Gasteiger partial charge in [0.25, 0.3) is 0 Å². The van der Waals surface area contributed by atoms with E-state index in [0.717, 1.165) is 34.5 Å². The molecule has 0 bridgehead atoms. The van der Waals surface area contributed by atoms with Gasteiger partial charge in [0.15, 0.2) is 0 Å². The molecule has 0 unspecified atom stereocenters. The van der Waals surface area contributed by atoms with E-state index >= 15 is 0 Å². The summed E-state index contributed by atoms with van der Waals surface area (Å²) < 4.78 is 18.0. The Morgan fingerprint density at radius 2 is 1.82 bits per heavy atom. The normalized spacial score (nSPS) is 17.3. The van der Waals surface area contributed by atoms with Gasteiger partial charge in [-0.1, -0.05) is 30.7 Å². The molecule has 7 nitrogen and oxygen atoms in total. The van der Waals surface area contributed by atoms with E-state index in [2.05, 4.69) is 56.7 Å². The molecule has 0 saturated carbocycles. The molecule has 33 heavy (non-hydrogen) atoms. The van der Waals surface area contributed by atoms with Gasteiger partial charge < -0.3 is 23.9 Å². The smallest absolute Gasteiger partial charge is 0.444 e. The Balaban J connectivity index is 1.75. The number of amides is 1. The first kappa shape index (κ1) is 25.3. The zero-order valence-corrected chi connectivity index (χ0v) is 21.5. The molecule has 1 aromatic carbocycles. The Bertz CT molecular complexity index is 978. The average Bonchev–Trinajstić information content (AvgIpc) is 3.21. The summed E-state index contributed by atoms with van der Waals surface area (Å²) in [5, 5.41) is 0. The lowest BCUT2D eigenvalue weighted by molar-refractivity contribution is 0.00578. The Labute approximate surface area is 198 Å². The van der Waals surface area contributed by atoms with Gasteiger partial charge in [0.1, 0.15) is 11.4 Å². The van der Waals surface area contributed by atoms with Crippen LogP contribution in [-0.2, 0) is 20.6 Å². The molecule has 0 aliphatic carbocycles. The van der Waals surface area contributed by atoms with Crippen LogP contribution in [0.5, 0.6) is 0 Å². The summed E-state index contributed by atoms with van der Waals surface area (Å²) in [6.45, 7) is 18.9. The predicted molar refractivity (Wildman–Crippen MR) is 131 cm³/mol. The number of nitrogens with one attached hydrogen (secondary N) is 1. The third kappa shape index (κ3) is 5.79. The highest BCUT2D eigenvalue weighted by atomic mass is 16.7. The van der Waals surface area contributed by atoms with Crippen molar-refractivity contribution in [2.75, 3.05) is 6.54 Å². The largest absolute Gasteiger partial charge is 0.495 e. The maximum Gasteiger partial charge on any atom is 0.495 e. The molecule has 1 aliphatic rings. The van der Waals surface area contributed by atoms with Gasteiger partial charge in [-0.25, -0.2) is 9.78 Å². The number of aromatic nitrogens is 2. The third-order valence-corrected chi connectivity index (χ3v) is 6.20. The molecule has 1 aromatic heterocycles. The summed E-state index contributed by atoms with van der Waals surface area (Å²) in [6, 6.07) is 6.20.